The number of hydrogen-bond acceptors (Lipinski definition) is 2. The second-order valence-electron chi connectivity index (χ2n) is 2.85. The normalized spacial score (nSPS) is 11.5. The predicted octanol–water partition coefficient (Wildman–Crippen LogP) is 1.26. The summed E-state index contributed by atoms with van der Waals surface area (Å²) in [7, 11) is 0. The topological polar surface area (TPSA) is 57.5 Å². The van der Waals surface area contributed by atoms with Gasteiger partial charge in [0.2, 0.25) is 0 Å². The summed E-state index contributed by atoms with van der Waals surface area (Å²) in [5.74, 6) is 3.32. The molecule has 0 amide bonds. The first kappa shape index (κ1) is 12.0. The van der Waals surface area contributed by atoms with Gasteiger partial charge in [-0.2, -0.15) is 0 Å². The fourth-order valence-corrected chi connectivity index (χ4v) is 0.844. The first-order chi connectivity index (χ1) is 6.22. The largest absolute Gasteiger partial charge is 0.480 e. The summed E-state index contributed by atoms with van der Waals surface area (Å²) in [5, 5.41) is 17.1. The Labute approximate surface area is 78.8 Å². The van der Waals surface area contributed by atoms with Crippen LogP contribution in [-0.2, 0) is 4.79 Å². The van der Waals surface area contributed by atoms with Gasteiger partial charge in [-0.15, -0.1) is 5.92 Å². The molecule has 0 aliphatic carbocycles. The minimum atomic E-state index is -1.05. The smallest absolute Gasteiger partial charge is 0.321 e. The quantitative estimate of drug-likeness (QED) is 0.499. The lowest BCUT2D eigenvalue weighted by molar-refractivity contribution is -0.140. The van der Waals surface area contributed by atoms with Crippen molar-refractivity contribution in [3.8, 4) is 11.8 Å². The Bertz CT molecular complexity index is 200. The van der Waals surface area contributed by atoms with Gasteiger partial charge < -0.3 is 10.2 Å². The maximum absolute atomic E-state index is 10.4. The number of carbonyl (C=O) groups is 1. The summed E-state index contributed by atoms with van der Waals surface area (Å²) in [6, 6.07) is 0. The van der Waals surface area contributed by atoms with E-state index in [1.54, 1.807) is 0 Å². The third-order valence-corrected chi connectivity index (χ3v) is 1.66. The number of carboxylic acid groups (broad SMARTS) is 1. The molecule has 0 saturated carbocycles. The van der Waals surface area contributed by atoms with E-state index in [0.29, 0.717) is 0 Å². The van der Waals surface area contributed by atoms with Crippen LogP contribution in [0.2, 0.25) is 0 Å². The van der Waals surface area contributed by atoms with Gasteiger partial charge in [0, 0.05) is 6.42 Å². The van der Waals surface area contributed by atoms with E-state index in [-0.39, 0.29) is 0 Å². The third kappa shape index (κ3) is 6.18. The van der Waals surface area contributed by atoms with Crippen molar-refractivity contribution in [2.24, 2.45) is 5.92 Å². The highest BCUT2D eigenvalue weighted by atomic mass is 16.4. The molecule has 0 aliphatic rings. The molecule has 0 spiro atoms. The highest BCUT2D eigenvalue weighted by Crippen LogP contribution is 1.98. The number of aliphatic hydroxyl groups excluding tert-OH is 1. The minimum Gasteiger partial charge on any atom is -0.480 e. The first-order valence-electron chi connectivity index (χ1n) is 4.54. The molecule has 0 bridgehead atoms. The summed E-state index contributed by atoms with van der Waals surface area (Å²) in [5.41, 5.74) is 0. The highest BCUT2D eigenvalue weighted by molar-refractivity contribution is 5.73. The Kier molecular flexibility index (Phi) is 7.04. The van der Waals surface area contributed by atoms with E-state index < -0.39 is 18.5 Å². The van der Waals surface area contributed by atoms with Gasteiger partial charge in [-0.3, -0.25) is 4.79 Å². The van der Waals surface area contributed by atoms with Gasteiger partial charge in [0.1, 0.15) is 5.92 Å². The second kappa shape index (κ2) is 7.63. The van der Waals surface area contributed by atoms with Crippen LogP contribution >= 0.6 is 0 Å². The Morgan fingerprint density at radius 2 is 2.15 bits per heavy atom. The average molecular weight is 184 g/mol. The minimum absolute atomic E-state index is 0.407. The maximum atomic E-state index is 10.4. The summed E-state index contributed by atoms with van der Waals surface area (Å²) in [4.78, 5) is 10.4. The summed E-state index contributed by atoms with van der Waals surface area (Å²) in [6.07, 6.45) is 3.97. The van der Waals surface area contributed by atoms with Gasteiger partial charge >= 0.3 is 5.97 Å². The van der Waals surface area contributed by atoms with E-state index in [4.69, 9.17) is 10.2 Å². The van der Waals surface area contributed by atoms with Gasteiger partial charge in [-0.05, 0) is 6.42 Å². The van der Waals surface area contributed by atoms with Crippen LogP contribution < -0.4 is 0 Å². The fraction of sp³-hybridized carbons (Fsp3) is 0.700. The molecule has 0 rings (SSSR count). The lowest BCUT2D eigenvalue weighted by Gasteiger charge is -1.97. The lowest BCUT2D eigenvalue weighted by Crippen LogP contribution is -2.15. The standard InChI is InChI=1S/C10H16O3/c1-2-3-4-5-6-7-9(8-11)10(12)13/h9,11H,2-5,8H2,1H3,(H,12,13). The molecule has 74 valence electrons. The SMILES string of the molecule is CCCCCC#CC(CO)C(=O)O. The molecule has 0 aromatic rings. The van der Waals surface area contributed by atoms with E-state index in [1.807, 2.05) is 0 Å². The van der Waals surface area contributed by atoms with Crippen LogP contribution in [0.25, 0.3) is 0 Å². The zero-order valence-corrected chi connectivity index (χ0v) is 7.92. The van der Waals surface area contributed by atoms with Crippen molar-refractivity contribution in [3.05, 3.63) is 0 Å². The van der Waals surface area contributed by atoms with Crippen LogP contribution in [0.1, 0.15) is 32.6 Å². The molecule has 1 atom stereocenters. The zero-order valence-electron chi connectivity index (χ0n) is 7.92. The van der Waals surface area contributed by atoms with Crippen molar-refractivity contribution < 1.29 is 15.0 Å². The van der Waals surface area contributed by atoms with Crippen molar-refractivity contribution in [2.75, 3.05) is 6.61 Å². The Balaban J connectivity index is 3.71. The Morgan fingerprint density at radius 3 is 2.62 bits per heavy atom. The molecule has 0 fully saturated rings. The molecule has 2 N–H and O–H groups in total. The summed E-state index contributed by atoms with van der Waals surface area (Å²) in [6.45, 7) is 1.69. The molecule has 0 aromatic carbocycles. The summed E-state index contributed by atoms with van der Waals surface area (Å²) < 4.78 is 0. The van der Waals surface area contributed by atoms with Crippen molar-refractivity contribution >= 4 is 5.97 Å². The van der Waals surface area contributed by atoms with Crippen LogP contribution in [0.5, 0.6) is 0 Å². The van der Waals surface area contributed by atoms with Gasteiger partial charge in [0.15, 0.2) is 0 Å². The molecule has 0 radical (unpaired) electrons. The van der Waals surface area contributed by atoms with E-state index in [1.165, 1.54) is 0 Å². The number of rotatable bonds is 5. The third-order valence-electron chi connectivity index (χ3n) is 1.66. The predicted molar refractivity (Wildman–Crippen MR) is 50.1 cm³/mol. The van der Waals surface area contributed by atoms with Crippen molar-refractivity contribution in [1.82, 2.24) is 0 Å². The Hall–Kier alpha value is -1.01. The number of aliphatic hydroxyl groups is 1. The molecule has 1 unspecified atom stereocenters. The van der Waals surface area contributed by atoms with E-state index >= 15 is 0 Å². The van der Waals surface area contributed by atoms with Crippen LogP contribution in [0, 0.1) is 17.8 Å². The molecular formula is C10H16O3. The van der Waals surface area contributed by atoms with Crippen LogP contribution in [0.15, 0.2) is 0 Å². The van der Waals surface area contributed by atoms with Crippen LogP contribution in [0.3, 0.4) is 0 Å². The fourth-order valence-electron chi connectivity index (χ4n) is 0.844. The molecule has 0 aromatic heterocycles. The average Bonchev–Trinajstić information content (AvgIpc) is 2.10. The van der Waals surface area contributed by atoms with Gasteiger partial charge in [0.05, 0.1) is 6.61 Å². The van der Waals surface area contributed by atoms with Crippen LogP contribution in [0.4, 0.5) is 0 Å². The number of aliphatic carboxylic acids is 1. The number of carboxylic acids is 1. The first-order valence-corrected chi connectivity index (χ1v) is 4.54. The summed E-state index contributed by atoms with van der Waals surface area (Å²) >= 11 is 0. The van der Waals surface area contributed by atoms with Gasteiger partial charge in [-0.1, -0.05) is 25.7 Å². The molecule has 13 heavy (non-hydrogen) atoms. The molecule has 3 heteroatoms. The van der Waals surface area contributed by atoms with Crippen molar-refractivity contribution in [3.63, 3.8) is 0 Å². The highest BCUT2D eigenvalue weighted by Gasteiger charge is 2.11. The molecule has 0 aliphatic heterocycles. The van der Waals surface area contributed by atoms with E-state index in [2.05, 4.69) is 18.8 Å². The Morgan fingerprint density at radius 1 is 1.46 bits per heavy atom. The zero-order chi connectivity index (χ0) is 10.1. The molecule has 0 saturated heterocycles. The van der Waals surface area contributed by atoms with Crippen molar-refractivity contribution in [1.29, 1.82) is 0 Å². The lowest BCUT2D eigenvalue weighted by atomic mass is 10.1. The van der Waals surface area contributed by atoms with E-state index in [0.717, 1.165) is 25.7 Å². The molecule has 3 nitrogen and oxygen atoms in total. The van der Waals surface area contributed by atoms with E-state index in [9.17, 15) is 4.79 Å². The van der Waals surface area contributed by atoms with Crippen molar-refractivity contribution in [2.45, 2.75) is 32.6 Å². The van der Waals surface area contributed by atoms with Gasteiger partial charge in [0.25, 0.3) is 0 Å². The monoisotopic (exact) mass is 184 g/mol. The number of unbranched alkanes of at least 4 members (excludes halogenated alkanes) is 3. The molecular weight excluding hydrogens is 168 g/mol. The van der Waals surface area contributed by atoms with Gasteiger partial charge in [-0.25, -0.2) is 0 Å². The maximum Gasteiger partial charge on any atom is 0.321 e. The van der Waals surface area contributed by atoms with Crippen LogP contribution in [-0.4, -0.2) is 22.8 Å². The number of hydrogen-bond donors (Lipinski definition) is 2. The second-order valence-corrected chi connectivity index (χ2v) is 2.85. The molecule has 0 heterocycles.